The van der Waals surface area contributed by atoms with Gasteiger partial charge < -0.3 is 4.90 Å². The molecule has 0 atom stereocenters. The van der Waals surface area contributed by atoms with E-state index in [9.17, 15) is 0 Å². The molecule has 0 amide bonds. The van der Waals surface area contributed by atoms with Crippen molar-refractivity contribution in [3.05, 3.63) is 44.5 Å². The molecule has 0 bridgehead atoms. The molecule has 3 rings (SSSR count). The highest BCUT2D eigenvalue weighted by atomic mass is 32.2. The third-order valence-electron chi connectivity index (χ3n) is 7.65. The van der Waals surface area contributed by atoms with Gasteiger partial charge in [0, 0.05) is 15.8 Å². The number of hydrogen-bond acceptors (Lipinski definition) is 2. The molecule has 2 heteroatoms. The molecule has 1 aliphatic heterocycles. The van der Waals surface area contributed by atoms with Crippen LogP contribution < -0.4 is 4.90 Å². The average molecular weight is 466 g/mol. The maximum Gasteiger partial charge on any atom is 0.0596 e. The molecule has 0 aliphatic carbocycles. The van der Waals surface area contributed by atoms with E-state index in [0.29, 0.717) is 29.7 Å². The highest BCUT2D eigenvalue weighted by Gasteiger charge is 2.37. The summed E-state index contributed by atoms with van der Waals surface area (Å²) in [5, 5.41) is 0. The molecule has 182 valence electrons. The van der Waals surface area contributed by atoms with Crippen LogP contribution in [0.15, 0.2) is 9.79 Å². The highest BCUT2D eigenvalue weighted by Crippen LogP contribution is 2.59. The van der Waals surface area contributed by atoms with Crippen molar-refractivity contribution < 1.29 is 0 Å². The summed E-state index contributed by atoms with van der Waals surface area (Å²) < 4.78 is 0. The number of hydrogen-bond donors (Lipinski definition) is 0. The van der Waals surface area contributed by atoms with E-state index in [2.05, 4.69) is 102 Å². The third-order valence-corrected chi connectivity index (χ3v) is 9.05. The van der Waals surface area contributed by atoms with Crippen molar-refractivity contribution in [2.75, 3.05) is 4.90 Å². The Morgan fingerprint density at radius 3 is 1.00 bits per heavy atom. The topological polar surface area (TPSA) is 3.24 Å². The molecule has 0 N–H and O–H groups in total. The molecule has 33 heavy (non-hydrogen) atoms. The molecule has 0 radical (unpaired) electrons. The van der Waals surface area contributed by atoms with E-state index in [-0.39, 0.29) is 0 Å². The summed E-state index contributed by atoms with van der Waals surface area (Å²) in [6, 6.07) is 0.391. The standard InChI is InChI=1S/C31H47NS/c1-15(2)24-20(11)22(13)30-28(26(24)17(5)6)32(19(9)10)29-27(18(7)8)25(16(3)4)21(12)23(14)31(29)33-30/h15-19H,1-14H3. The van der Waals surface area contributed by atoms with E-state index < -0.39 is 0 Å². The molecule has 0 fully saturated rings. The number of benzene rings is 2. The van der Waals surface area contributed by atoms with Crippen LogP contribution in [0, 0.1) is 27.7 Å². The minimum atomic E-state index is 0.391. The van der Waals surface area contributed by atoms with Crippen LogP contribution in [0.1, 0.15) is 137 Å². The van der Waals surface area contributed by atoms with Gasteiger partial charge in [-0.25, -0.2) is 0 Å². The second-order valence-electron chi connectivity index (χ2n) is 11.7. The van der Waals surface area contributed by atoms with Gasteiger partial charge in [0.05, 0.1) is 11.4 Å². The zero-order valence-corrected chi connectivity index (χ0v) is 24.6. The van der Waals surface area contributed by atoms with Crippen molar-refractivity contribution in [3.8, 4) is 0 Å². The maximum atomic E-state index is 2.74. The fourth-order valence-electron chi connectivity index (χ4n) is 6.12. The van der Waals surface area contributed by atoms with Crippen molar-refractivity contribution in [3.63, 3.8) is 0 Å². The van der Waals surface area contributed by atoms with E-state index in [0.717, 1.165) is 0 Å². The van der Waals surface area contributed by atoms with E-state index in [1.54, 1.807) is 22.3 Å². The van der Waals surface area contributed by atoms with Gasteiger partial charge in [0.2, 0.25) is 0 Å². The molecule has 0 unspecified atom stereocenters. The Balaban J connectivity index is 2.60. The summed E-state index contributed by atoms with van der Waals surface area (Å²) in [7, 11) is 0. The Morgan fingerprint density at radius 1 is 0.455 bits per heavy atom. The van der Waals surface area contributed by atoms with Crippen molar-refractivity contribution in [2.45, 2.75) is 136 Å². The Kier molecular flexibility index (Phi) is 7.40. The first-order valence-corrected chi connectivity index (χ1v) is 13.9. The summed E-state index contributed by atoms with van der Waals surface area (Å²) in [6.45, 7) is 33.2. The molecular formula is C31H47NS. The predicted octanol–water partition coefficient (Wildman–Crippen LogP) is 10.4. The Hall–Kier alpha value is -1.41. The van der Waals surface area contributed by atoms with E-state index >= 15 is 0 Å². The smallest absolute Gasteiger partial charge is 0.0596 e. The van der Waals surface area contributed by atoms with Gasteiger partial charge >= 0.3 is 0 Å². The first kappa shape index (κ1) is 26.2. The van der Waals surface area contributed by atoms with Crippen LogP contribution in [0.4, 0.5) is 11.4 Å². The fourth-order valence-corrected chi connectivity index (χ4v) is 7.55. The molecule has 1 heterocycles. The van der Waals surface area contributed by atoms with Gasteiger partial charge in [-0.1, -0.05) is 67.2 Å². The molecule has 2 aromatic carbocycles. The zero-order chi connectivity index (χ0) is 25.1. The monoisotopic (exact) mass is 465 g/mol. The molecule has 0 saturated carbocycles. The molecule has 2 aromatic rings. The van der Waals surface area contributed by atoms with Gasteiger partial charge in [0.25, 0.3) is 0 Å². The first-order chi connectivity index (χ1) is 15.2. The summed E-state index contributed by atoms with van der Waals surface area (Å²) in [6.07, 6.45) is 0. The van der Waals surface area contributed by atoms with E-state index in [4.69, 9.17) is 0 Å². The quantitative estimate of drug-likeness (QED) is 0.432. The van der Waals surface area contributed by atoms with Crippen molar-refractivity contribution in [1.29, 1.82) is 0 Å². The van der Waals surface area contributed by atoms with Crippen LogP contribution in [0.2, 0.25) is 0 Å². The van der Waals surface area contributed by atoms with Crippen molar-refractivity contribution in [2.24, 2.45) is 0 Å². The van der Waals surface area contributed by atoms with E-state index in [1.807, 2.05) is 11.8 Å². The number of rotatable bonds is 5. The minimum absolute atomic E-state index is 0.391. The lowest BCUT2D eigenvalue weighted by molar-refractivity contribution is 0.711. The average Bonchev–Trinajstić information content (AvgIpc) is 2.70. The molecular weight excluding hydrogens is 418 g/mol. The van der Waals surface area contributed by atoms with Gasteiger partial charge in [-0.05, 0) is 110 Å². The minimum Gasteiger partial charge on any atom is -0.337 e. The van der Waals surface area contributed by atoms with Crippen LogP contribution in [-0.2, 0) is 0 Å². The first-order valence-electron chi connectivity index (χ1n) is 13.0. The second-order valence-corrected chi connectivity index (χ2v) is 12.7. The third kappa shape index (κ3) is 4.05. The lowest BCUT2D eigenvalue weighted by atomic mass is 9.81. The fraction of sp³-hybridized carbons (Fsp3) is 0.613. The largest absolute Gasteiger partial charge is 0.337 e. The predicted molar refractivity (Wildman–Crippen MR) is 150 cm³/mol. The van der Waals surface area contributed by atoms with Crippen molar-refractivity contribution >= 4 is 23.1 Å². The van der Waals surface area contributed by atoms with Gasteiger partial charge in [-0.15, -0.1) is 0 Å². The number of anilines is 2. The van der Waals surface area contributed by atoms with Gasteiger partial charge in [0.15, 0.2) is 0 Å². The molecule has 1 nitrogen and oxygen atoms in total. The summed E-state index contributed by atoms with van der Waals surface area (Å²) in [5.74, 6) is 2.00. The summed E-state index contributed by atoms with van der Waals surface area (Å²) in [5.41, 5.74) is 15.2. The molecule has 0 spiro atoms. The second kappa shape index (κ2) is 9.33. The molecule has 0 aromatic heterocycles. The van der Waals surface area contributed by atoms with Crippen molar-refractivity contribution in [1.82, 2.24) is 0 Å². The van der Waals surface area contributed by atoms with Crippen LogP contribution in [-0.4, -0.2) is 6.04 Å². The number of nitrogens with zero attached hydrogens (tertiary/aromatic N) is 1. The Morgan fingerprint density at radius 2 is 0.758 bits per heavy atom. The summed E-state index contributed by atoms with van der Waals surface area (Å²) in [4.78, 5) is 5.70. The Bertz CT molecular complexity index is 988. The Labute approximate surface area is 208 Å². The lowest BCUT2D eigenvalue weighted by Crippen LogP contribution is -2.33. The van der Waals surface area contributed by atoms with Crippen LogP contribution in [0.5, 0.6) is 0 Å². The lowest BCUT2D eigenvalue weighted by Gasteiger charge is -2.44. The van der Waals surface area contributed by atoms with Gasteiger partial charge in [0.1, 0.15) is 0 Å². The highest BCUT2D eigenvalue weighted by molar-refractivity contribution is 7.99. The van der Waals surface area contributed by atoms with Gasteiger partial charge in [-0.2, -0.15) is 0 Å². The normalized spacial score (nSPS) is 13.7. The van der Waals surface area contributed by atoms with Gasteiger partial charge in [-0.3, -0.25) is 0 Å². The number of fused-ring (bicyclic) bond motifs is 2. The maximum absolute atomic E-state index is 2.74. The zero-order valence-electron chi connectivity index (χ0n) is 23.7. The summed E-state index contributed by atoms with van der Waals surface area (Å²) >= 11 is 2.05. The van der Waals surface area contributed by atoms with Crippen LogP contribution in [0.25, 0.3) is 0 Å². The van der Waals surface area contributed by atoms with Crippen LogP contribution in [0.3, 0.4) is 0 Å². The SMILES string of the molecule is Cc1c(C)c(C(C)C)c(C(C)C)c2c1Sc1c(C)c(C)c(C(C)C)c(C(C)C)c1N2C(C)C. The molecule has 1 aliphatic rings. The molecule has 0 saturated heterocycles. The van der Waals surface area contributed by atoms with Crippen LogP contribution >= 0.6 is 11.8 Å². The van der Waals surface area contributed by atoms with E-state index in [1.165, 1.54) is 43.4 Å².